The van der Waals surface area contributed by atoms with E-state index in [1.54, 1.807) is 14.2 Å². The molecule has 0 aromatic rings. The summed E-state index contributed by atoms with van der Waals surface area (Å²) in [5, 5.41) is 35.7. The minimum absolute atomic E-state index is 0.0440. The van der Waals surface area contributed by atoms with Gasteiger partial charge in [-0.05, 0) is 61.5 Å². The Kier molecular flexibility index (Phi) is 7.75. The van der Waals surface area contributed by atoms with E-state index in [1.807, 2.05) is 13.8 Å². The van der Waals surface area contributed by atoms with Crippen LogP contribution in [0.5, 0.6) is 0 Å². The first kappa shape index (κ1) is 31.6. The summed E-state index contributed by atoms with van der Waals surface area (Å²) in [4.78, 5) is 0. The van der Waals surface area contributed by atoms with Gasteiger partial charge in [-0.1, -0.05) is 39.3 Å². The smallest absolute Gasteiger partial charge is 0.230 e. The summed E-state index contributed by atoms with van der Waals surface area (Å²) in [7, 11) is 3.19. The zero-order valence-corrected chi connectivity index (χ0v) is 27.0. The van der Waals surface area contributed by atoms with E-state index in [4.69, 9.17) is 37.9 Å². The molecular weight excluding hydrogens is 572 g/mol. The standard InChI is InChI=1S/C33H50O11/c1-16(2)18-8-10-30(4)12-20-19(9-11-32(20,36)15-38-7)17(3)24(34)26(23(18)30)41-28-25(35)27-33(22(40-28)13-37-6)43-29(42-27)31(5,44-33)21-14-39-21/h12,16-17,19,21-22,24-29,34-36H,8-11,13-15H2,1-7H3/b20-12+/t17-,19+,21+,22?,24-,25?,26-,27?,28?,29?,30-,31+,32+,33?/m1/s1. The number of aliphatic hydroxyl groups excluding tert-OH is 2. The summed E-state index contributed by atoms with van der Waals surface area (Å²) in [5.74, 6) is -1.45. The Labute approximate surface area is 259 Å². The summed E-state index contributed by atoms with van der Waals surface area (Å²) in [6.07, 6.45) is -1.41. The van der Waals surface area contributed by atoms with Crippen molar-refractivity contribution >= 4 is 0 Å². The Balaban J connectivity index is 1.25. The van der Waals surface area contributed by atoms with Crippen molar-refractivity contribution in [1.82, 2.24) is 0 Å². The van der Waals surface area contributed by atoms with Crippen LogP contribution in [0.2, 0.25) is 0 Å². The highest BCUT2D eigenvalue weighted by atomic mass is 16.9. The number of methoxy groups -OCH3 is 2. The molecule has 0 aromatic heterocycles. The second-order valence-electron chi connectivity index (χ2n) is 14.9. The molecule has 11 nitrogen and oxygen atoms in total. The van der Waals surface area contributed by atoms with E-state index in [0.717, 1.165) is 30.4 Å². The number of fused-ring (bicyclic) bond motifs is 3. The molecule has 7 rings (SSSR count). The first-order valence-corrected chi connectivity index (χ1v) is 16.3. The summed E-state index contributed by atoms with van der Waals surface area (Å²) >= 11 is 0. The maximum atomic E-state index is 12.2. The number of allylic oxidation sites excluding steroid dienone is 2. The summed E-state index contributed by atoms with van der Waals surface area (Å²) in [6.45, 7) is 11.3. The van der Waals surface area contributed by atoms with E-state index in [-0.39, 0.29) is 37.1 Å². The zero-order chi connectivity index (χ0) is 31.4. The molecule has 248 valence electrons. The monoisotopic (exact) mass is 622 g/mol. The molecule has 4 aliphatic heterocycles. The second-order valence-corrected chi connectivity index (χ2v) is 14.9. The highest BCUT2D eigenvalue weighted by Gasteiger charge is 2.77. The van der Waals surface area contributed by atoms with Crippen LogP contribution < -0.4 is 0 Å². The lowest BCUT2D eigenvalue weighted by Crippen LogP contribution is -2.70. The Bertz CT molecular complexity index is 1200. The van der Waals surface area contributed by atoms with Gasteiger partial charge in [0, 0.05) is 19.6 Å². The summed E-state index contributed by atoms with van der Waals surface area (Å²) < 4.78 is 49.0. The van der Waals surface area contributed by atoms with Crippen LogP contribution in [0.25, 0.3) is 0 Å². The zero-order valence-electron chi connectivity index (χ0n) is 27.0. The minimum atomic E-state index is -1.38. The molecule has 1 spiro atoms. The third-order valence-corrected chi connectivity index (χ3v) is 11.7. The topological polar surface area (TPSA) is 138 Å². The van der Waals surface area contributed by atoms with Gasteiger partial charge in [0.25, 0.3) is 0 Å². The van der Waals surface area contributed by atoms with E-state index in [2.05, 4.69) is 26.8 Å². The van der Waals surface area contributed by atoms with Crippen LogP contribution >= 0.6 is 0 Å². The maximum Gasteiger partial charge on any atom is 0.230 e. The number of epoxide rings is 1. The molecule has 3 N–H and O–H groups in total. The number of rotatable bonds is 8. The van der Waals surface area contributed by atoms with Gasteiger partial charge in [0.1, 0.15) is 41.7 Å². The van der Waals surface area contributed by atoms with Crippen molar-refractivity contribution in [2.24, 2.45) is 23.2 Å². The molecule has 5 fully saturated rings. The molecule has 4 heterocycles. The van der Waals surface area contributed by atoms with Crippen LogP contribution in [-0.2, 0) is 37.9 Å². The van der Waals surface area contributed by atoms with Crippen LogP contribution in [0.15, 0.2) is 22.8 Å². The van der Waals surface area contributed by atoms with Gasteiger partial charge in [-0.25, -0.2) is 0 Å². The van der Waals surface area contributed by atoms with Gasteiger partial charge in [0.15, 0.2) is 12.6 Å². The molecular formula is C33H50O11. The number of hydrogen-bond acceptors (Lipinski definition) is 11. The van der Waals surface area contributed by atoms with Crippen LogP contribution in [-0.4, -0.2) is 116 Å². The molecule has 4 saturated heterocycles. The third-order valence-electron chi connectivity index (χ3n) is 11.7. The molecule has 2 bridgehead atoms. The fraction of sp³-hybridized carbons (Fsp3) is 0.879. The lowest BCUT2D eigenvalue weighted by atomic mass is 9.68. The average molecular weight is 623 g/mol. The highest BCUT2D eigenvalue weighted by molar-refractivity contribution is 5.42. The van der Waals surface area contributed by atoms with Crippen LogP contribution in [0, 0.1) is 23.2 Å². The van der Waals surface area contributed by atoms with Crippen molar-refractivity contribution in [1.29, 1.82) is 0 Å². The van der Waals surface area contributed by atoms with Gasteiger partial charge in [-0.3, -0.25) is 0 Å². The Morgan fingerprint density at radius 3 is 2.48 bits per heavy atom. The average Bonchev–Trinajstić information content (AvgIpc) is 3.48. The first-order chi connectivity index (χ1) is 20.8. The van der Waals surface area contributed by atoms with E-state index in [0.29, 0.717) is 13.0 Å². The van der Waals surface area contributed by atoms with Crippen LogP contribution in [0.1, 0.15) is 60.3 Å². The van der Waals surface area contributed by atoms with Gasteiger partial charge in [0.05, 0.1) is 25.9 Å². The molecule has 0 aromatic carbocycles. The van der Waals surface area contributed by atoms with Gasteiger partial charge in [-0.2, -0.15) is 0 Å². The SMILES string of the molecule is COCC1OC(O[C@@H]2C3=C(C(C)C)CC[C@]3(C)/C=C3\[C@@H](CC[C@]3(O)COC)[C@@H](C)[C@H]2O)C(O)C2OC3OC12O[C@@]3(C)[C@@H]1CO1. The Morgan fingerprint density at radius 2 is 1.82 bits per heavy atom. The van der Waals surface area contributed by atoms with E-state index in [9.17, 15) is 15.3 Å². The van der Waals surface area contributed by atoms with Gasteiger partial charge in [-0.15, -0.1) is 0 Å². The fourth-order valence-electron chi connectivity index (χ4n) is 9.18. The van der Waals surface area contributed by atoms with Crippen LogP contribution in [0.3, 0.4) is 0 Å². The molecule has 0 radical (unpaired) electrons. The Morgan fingerprint density at radius 1 is 1.07 bits per heavy atom. The molecule has 14 atom stereocenters. The van der Waals surface area contributed by atoms with Gasteiger partial charge >= 0.3 is 0 Å². The van der Waals surface area contributed by atoms with E-state index >= 15 is 0 Å². The maximum absolute atomic E-state index is 12.2. The molecule has 44 heavy (non-hydrogen) atoms. The normalized spacial score (nSPS) is 54.1. The number of ether oxygens (including phenoxy) is 8. The largest absolute Gasteiger partial charge is 0.390 e. The second kappa shape index (κ2) is 10.8. The Hall–Kier alpha value is -0.960. The fourth-order valence-corrected chi connectivity index (χ4v) is 9.18. The third kappa shape index (κ3) is 4.49. The van der Waals surface area contributed by atoms with E-state index < -0.39 is 65.5 Å². The molecule has 3 aliphatic carbocycles. The van der Waals surface area contributed by atoms with Crippen molar-refractivity contribution in [2.45, 2.75) is 126 Å². The van der Waals surface area contributed by atoms with Crippen molar-refractivity contribution in [2.75, 3.05) is 34.0 Å². The predicted octanol–water partition coefficient (Wildman–Crippen LogP) is 2.21. The quantitative estimate of drug-likeness (QED) is 0.271. The lowest BCUT2D eigenvalue weighted by molar-refractivity contribution is -0.385. The van der Waals surface area contributed by atoms with Crippen molar-refractivity contribution in [3.05, 3.63) is 22.8 Å². The summed E-state index contributed by atoms with van der Waals surface area (Å²) in [5.41, 5.74) is 0.814. The van der Waals surface area contributed by atoms with E-state index in [1.165, 1.54) is 5.57 Å². The molecule has 7 aliphatic rings. The summed E-state index contributed by atoms with van der Waals surface area (Å²) in [6, 6.07) is 0. The number of hydrogen-bond donors (Lipinski definition) is 3. The lowest BCUT2D eigenvalue weighted by Gasteiger charge is -2.50. The van der Waals surface area contributed by atoms with Gasteiger partial charge in [0.2, 0.25) is 5.79 Å². The van der Waals surface area contributed by atoms with Crippen LogP contribution in [0.4, 0.5) is 0 Å². The van der Waals surface area contributed by atoms with Crippen molar-refractivity contribution in [3.63, 3.8) is 0 Å². The molecule has 11 heteroatoms. The molecule has 0 amide bonds. The van der Waals surface area contributed by atoms with Crippen molar-refractivity contribution in [3.8, 4) is 0 Å². The van der Waals surface area contributed by atoms with Crippen molar-refractivity contribution < 1.29 is 53.2 Å². The first-order valence-electron chi connectivity index (χ1n) is 16.3. The predicted molar refractivity (Wildman–Crippen MR) is 155 cm³/mol. The number of aliphatic hydroxyl groups is 3. The molecule has 1 saturated carbocycles. The van der Waals surface area contributed by atoms with Gasteiger partial charge < -0.3 is 53.2 Å². The molecule has 6 unspecified atom stereocenters. The highest BCUT2D eigenvalue weighted by Crippen LogP contribution is 2.59. The minimum Gasteiger partial charge on any atom is -0.390 e.